The molecule has 0 saturated heterocycles. The van der Waals surface area contributed by atoms with Crippen molar-refractivity contribution in [1.29, 1.82) is 0 Å². The molecule has 32 heavy (non-hydrogen) atoms. The van der Waals surface area contributed by atoms with Gasteiger partial charge in [0.25, 0.3) is 5.91 Å². The molecule has 0 unspecified atom stereocenters. The number of aromatic nitrogens is 2. The fraction of sp³-hybridized carbons (Fsp3) is 0.259. The Morgan fingerprint density at radius 1 is 0.938 bits per heavy atom. The van der Waals surface area contributed by atoms with E-state index in [0.717, 1.165) is 30.4 Å². The number of carbonyl (C=O) groups is 1. The Kier molecular flexibility index (Phi) is 6.85. The van der Waals surface area contributed by atoms with Gasteiger partial charge in [-0.3, -0.25) is 4.79 Å². The molecule has 1 heterocycles. The van der Waals surface area contributed by atoms with Gasteiger partial charge in [-0.2, -0.15) is 0 Å². The molecule has 0 bridgehead atoms. The molecular formula is C27H30N4O. The number of amides is 1. The number of anilines is 2. The number of aryl methyl sites for hydroxylation is 3. The smallest absolute Gasteiger partial charge is 0.255 e. The van der Waals surface area contributed by atoms with E-state index < -0.39 is 0 Å². The van der Waals surface area contributed by atoms with Crippen LogP contribution >= 0.6 is 0 Å². The zero-order chi connectivity index (χ0) is 22.3. The molecule has 0 saturated carbocycles. The molecule has 1 amide bonds. The van der Waals surface area contributed by atoms with Gasteiger partial charge in [-0.15, -0.1) is 0 Å². The van der Waals surface area contributed by atoms with Crippen molar-refractivity contribution in [3.63, 3.8) is 0 Å². The van der Waals surface area contributed by atoms with Crippen LogP contribution in [0.1, 0.15) is 47.7 Å². The van der Waals surface area contributed by atoms with Crippen molar-refractivity contribution in [3.05, 3.63) is 89.5 Å². The Hall–Kier alpha value is -3.60. The van der Waals surface area contributed by atoms with E-state index in [4.69, 9.17) is 5.73 Å². The predicted octanol–water partition coefficient (Wildman–Crippen LogP) is 5.85. The maximum Gasteiger partial charge on any atom is 0.255 e. The van der Waals surface area contributed by atoms with Crippen LogP contribution in [0.25, 0.3) is 11.0 Å². The fourth-order valence-electron chi connectivity index (χ4n) is 3.95. The minimum atomic E-state index is -0.124. The normalized spacial score (nSPS) is 11.0. The van der Waals surface area contributed by atoms with Gasteiger partial charge in [0.1, 0.15) is 0 Å². The summed E-state index contributed by atoms with van der Waals surface area (Å²) in [5.41, 5.74) is 11.8. The summed E-state index contributed by atoms with van der Waals surface area (Å²) in [6, 6.07) is 23.9. The number of nitrogens with zero attached hydrogens (tertiary/aromatic N) is 2. The highest BCUT2D eigenvalue weighted by molar-refractivity contribution is 6.05. The van der Waals surface area contributed by atoms with E-state index in [-0.39, 0.29) is 5.91 Å². The highest BCUT2D eigenvalue weighted by Gasteiger charge is 2.11. The summed E-state index contributed by atoms with van der Waals surface area (Å²) in [4.78, 5) is 17.2. The highest BCUT2D eigenvalue weighted by Crippen LogP contribution is 2.23. The van der Waals surface area contributed by atoms with Gasteiger partial charge in [0.2, 0.25) is 5.95 Å². The lowest BCUT2D eigenvalue weighted by atomic mass is 10.1. The topological polar surface area (TPSA) is 72.9 Å². The fourth-order valence-corrected chi connectivity index (χ4v) is 3.95. The summed E-state index contributed by atoms with van der Waals surface area (Å²) < 4.78 is 2.02. The molecule has 5 nitrogen and oxygen atoms in total. The van der Waals surface area contributed by atoms with Crippen molar-refractivity contribution < 1.29 is 4.79 Å². The number of nitrogens with one attached hydrogen (secondary N) is 1. The first-order chi connectivity index (χ1) is 15.6. The second kappa shape index (κ2) is 10.1. The number of nitrogens with two attached hydrogens (primary N) is 1. The van der Waals surface area contributed by atoms with Crippen LogP contribution in [0.15, 0.2) is 72.8 Å². The molecule has 164 valence electrons. The number of hydrogen-bond acceptors (Lipinski definition) is 3. The quantitative estimate of drug-likeness (QED) is 0.330. The van der Waals surface area contributed by atoms with Crippen LogP contribution in [-0.4, -0.2) is 15.5 Å². The van der Waals surface area contributed by atoms with Crippen LogP contribution in [0.3, 0.4) is 0 Å². The first-order valence-corrected chi connectivity index (χ1v) is 11.3. The van der Waals surface area contributed by atoms with Crippen molar-refractivity contribution in [1.82, 2.24) is 9.55 Å². The second-order valence-electron chi connectivity index (χ2n) is 8.17. The van der Waals surface area contributed by atoms with Gasteiger partial charge in [-0.05, 0) is 60.7 Å². The van der Waals surface area contributed by atoms with E-state index in [9.17, 15) is 4.79 Å². The Morgan fingerprint density at radius 3 is 2.44 bits per heavy atom. The van der Waals surface area contributed by atoms with Crippen molar-refractivity contribution >= 4 is 28.6 Å². The number of hydrogen-bond donors (Lipinski definition) is 2. The molecule has 5 heteroatoms. The van der Waals surface area contributed by atoms with Crippen LogP contribution < -0.4 is 11.1 Å². The summed E-state index contributed by atoms with van der Waals surface area (Å²) in [7, 11) is 0. The van der Waals surface area contributed by atoms with Gasteiger partial charge in [0.05, 0.1) is 11.0 Å². The average molecular weight is 427 g/mol. The van der Waals surface area contributed by atoms with Gasteiger partial charge >= 0.3 is 0 Å². The number of unbranched alkanes of at least 4 members (excludes halogenated alkanes) is 2. The predicted molar refractivity (Wildman–Crippen MR) is 132 cm³/mol. The molecule has 3 aromatic carbocycles. The third kappa shape index (κ3) is 5.17. The summed E-state index contributed by atoms with van der Waals surface area (Å²) >= 11 is 0. The van der Waals surface area contributed by atoms with E-state index in [0.29, 0.717) is 17.2 Å². The number of imidazole rings is 1. The Labute approximate surface area is 189 Å². The summed E-state index contributed by atoms with van der Waals surface area (Å²) in [6.45, 7) is 2.96. The molecule has 0 aliphatic rings. The lowest BCUT2D eigenvalue weighted by molar-refractivity contribution is 0.102. The zero-order valence-corrected chi connectivity index (χ0v) is 18.6. The van der Waals surface area contributed by atoms with Crippen molar-refractivity contribution in [3.8, 4) is 0 Å². The van der Waals surface area contributed by atoms with E-state index in [1.54, 1.807) is 0 Å². The highest BCUT2D eigenvalue weighted by atomic mass is 16.1. The second-order valence-corrected chi connectivity index (χ2v) is 8.17. The van der Waals surface area contributed by atoms with Crippen LogP contribution in [0, 0.1) is 0 Å². The number of rotatable bonds is 9. The maximum absolute atomic E-state index is 12.7. The summed E-state index contributed by atoms with van der Waals surface area (Å²) in [5.74, 6) is 0.360. The Balaban J connectivity index is 1.43. The molecule has 0 fully saturated rings. The van der Waals surface area contributed by atoms with Crippen LogP contribution in [0.5, 0.6) is 0 Å². The number of fused-ring (bicyclic) bond motifs is 1. The Morgan fingerprint density at radius 2 is 1.69 bits per heavy atom. The van der Waals surface area contributed by atoms with Crippen LogP contribution in [0.4, 0.5) is 11.6 Å². The zero-order valence-electron chi connectivity index (χ0n) is 18.6. The van der Waals surface area contributed by atoms with E-state index in [1.165, 1.54) is 30.4 Å². The molecule has 1 aromatic heterocycles. The summed E-state index contributed by atoms with van der Waals surface area (Å²) in [6.07, 6.45) is 5.56. The van der Waals surface area contributed by atoms with Crippen LogP contribution in [0.2, 0.25) is 0 Å². The SMILES string of the molecule is CCCCCc1ccc(C(=O)Nc2ccc3c(c2)nc(N)n3CCc2ccccc2)cc1. The monoisotopic (exact) mass is 426 g/mol. The molecular weight excluding hydrogens is 396 g/mol. The van der Waals surface area contributed by atoms with Crippen LogP contribution in [-0.2, 0) is 19.4 Å². The molecule has 0 atom stereocenters. The molecule has 0 radical (unpaired) electrons. The van der Waals surface area contributed by atoms with Gasteiger partial charge in [0, 0.05) is 17.8 Å². The standard InChI is InChI=1S/C27H30N4O/c1-2-3-5-8-21-11-13-22(14-12-21)26(32)29-23-15-16-25-24(19-23)30-27(28)31(25)18-17-20-9-6-4-7-10-20/h4,6-7,9-16,19H,2-3,5,8,17-18H2,1H3,(H2,28,30)(H,29,32). The van der Waals surface area contributed by atoms with E-state index in [1.807, 2.05) is 65.2 Å². The molecule has 4 aromatic rings. The minimum Gasteiger partial charge on any atom is -0.369 e. The molecule has 4 rings (SSSR count). The third-order valence-corrected chi connectivity index (χ3v) is 5.79. The number of carbonyl (C=O) groups excluding carboxylic acids is 1. The van der Waals surface area contributed by atoms with Crippen molar-refractivity contribution in [2.24, 2.45) is 0 Å². The summed E-state index contributed by atoms with van der Waals surface area (Å²) in [5, 5.41) is 2.98. The molecule has 0 aliphatic heterocycles. The van der Waals surface area contributed by atoms with E-state index >= 15 is 0 Å². The van der Waals surface area contributed by atoms with Crippen molar-refractivity contribution in [2.45, 2.75) is 45.6 Å². The van der Waals surface area contributed by atoms with Gasteiger partial charge in [-0.1, -0.05) is 62.2 Å². The molecule has 3 N–H and O–H groups in total. The third-order valence-electron chi connectivity index (χ3n) is 5.79. The Bertz CT molecular complexity index is 1180. The number of benzene rings is 3. The largest absolute Gasteiger partial charge is 0.369 e. The number of nitrogen functional groups attached to an aromatic ring is 1. The lowest BCUT2D eigenvalue weighted by Crippen LogP contribution is -2.11. The maximum atomic E-state index is 12.7. The van der Waals surface area contributed by atoms with Gasteiger partial charge < -0.3 is 15.6 Å². The average Bonchev–Trinajstić information content (AvgIpc) is 3.13. The first-order valence-electron chi connectivity index (χ1n) is 11.3. The molecule has 0 aliphatic carbocycles. The lowest BCUT2D eigenvalue weighted by Gasteiger charge is -2.08. The van der Waals surface area contributed by atoms with Crippen molar-refractivity contribution in [2.75, 3.05) is 11.1 Å². The first kappa shape index (κ1) is 21.6. The minimum absolute atomic E-state index is 0.124. The molecule has 0 spiro atoms. The van der Waals surface area contributed by atoms with Gasteiger partial charge in [0.15, 0.2) is 0 Å². The van der Waals surface area contributed by atoms with Gasteiger partial charge in [-0.25, -0.2) is 4.98 Å². The van der Waals surface area contributed by atoms with E-state index in [2.05, 4.69) is 29.4 Å².